The normalized spacial score (nSPS) is 13.9. The van der Waals surface area contributed by atoms with Crippen LogP contribution in [0.2, 0.25) is 0 Å². The van der Waals surface area contributed by atoms with Crippen LogP contribution in [0.4, 0.5) is 0 Å². The molecule has 0 aliphatic carbocycles. The molecule has 0 amide bonds. The fraction of sp³-hybridized carbons (Fsp3) is 0.667. The Morgan fingerprint density at radius 1 is 1.36 bits per heavy atom. The zero-order chi connectivity index (χ0) is 8.43. The molecule has 0 bridgehead atoms. The predicted molar refractivity (Wildman–Crippen MR) is 46.5 cm³/mol. The highest BCUT2D eigenvalue weighted by atomic mass is 15.2. The van der Waals surface area contributed by atoms with Crippen LogP contribution in [0, 0.1) is 5.92 Å². The van der Waals surface area contributed by atoms with Crippen LogP contribution in [0.5, 0.6) is 0 Å². The first-order valence-corrected chi connectivity index (χ1v) is 4.10. The Hall–Kier alpha value is -0.790. The molecule has 11 heavy (non-hydrogen) atoms. The maximum Gasteiger partial charge on any atom is 0.0524 e. The van der Waals surface area contributed by atoms with Gasteiger partial charge in [0, 0.05) is 13.2 Å². The number of rotatable bonds is 2. The number of aromatic nitrogens is 2. The third-order valence-electron chi connectivity index (χ3n) is 2.25. The molecule has 0 saturated heterocycles. The Bertz CT molecular complexity index is 225. The van der Waals surface area contributed by atoms with Crippen molar-refractivity contribution in [2.24, 2.45) is 13.0 Å². The Kier molecular flexibility index (Phi) is 2.32. The van der Waals surface area contributed by atoms with Gasteiger partial charge in [-0.15, -0.1) is 0 Å². The first kappa shape index (κ1) is 8.31. The zero-order valence-electron chi connectivity index (χ0n) is 7.70. The minimum absolute atomic E-state index is 0.615. The summed E-state index contributed by atoms with van der Waals surface area (Å²) in [5.74, 6) is 1.31. The van der Waals surface area contributed by atoms with Gasteiger partial charge < -0.3 is 0 Å². The van der Waals surface area contributed by atoms with Crippen LogP contribution >= 0.6 is 0 Å². The molecule has 0 spiro atoms. The molecule has 1 aromatic heterocycles. The van der Waals surface area contributed by atoms with Gasteiger partial charge in [-0.1, -0.05) is 20.8 Å². The SMILES string of the molecule is CC(C)[C@H](C)c1cnn(C)c1. The molecule has 0 saturated carbocycles. The molecular formula is C9H16N2. The molecule has 2 nitrogen and oxygen atoms in total. The minimum Gasteiger partial charge on any atom is -0.276 e. The van der Waals surface area contributed by atoms with Crippen molar-refractivity contribution in [1.82, 2.24) is 9.78 Å². The molecule has 1 atom stereocenters. The summed E-state index contributed by atoms with van der Waals surface area (Å²) in [5, 5.41) is 4.14. The van der Waals surface area contributed by atoms with Gasteiger partial charge in [0.05, 0.1) is 6.20 Å². The van der Waals surface area contributed by atoms with E-state index in [1.807, 2.05) is 17.9 Å². The van der Waals surface area contributed by atoms with E-state index < -0.39 is 0 Å². The van der Waals surface area contributed by atoms with Crippen molar-refractivity contribution in [3.63, 3.8) is 0 Å². The van der Waals surface area contributed by atoms with Crippen molar-refractivity contribution in [2.45, 2.75) is 26.7 Å². The number of hydrogen-bond acceptors (Lipinski definition) is 1. The van der Waals surface area contributed by atoms with Crippen LogP contribution in [0.1, 0.15) is 32.3 Å². The van der Waals surface area contributed by atoms with E-state index in [1.54, 1.807) is 0 Å². The molecule has 1 rings (SSSR count). The second kappa shape index (κ2) is 3.07. The molecule has 62 valence electrons. The van der Waals surface area contributed by atoms with Crippen molar-refractivity contribution >= 4 is 0 Å². The van der Waals surface area contributed by atoms with Gasteiger partial charge in [0.1, 0.15) is 0 Å². The Morgan fingerprint density at radius 3 is 2.36 bits per heavy atom. The summed E-state index contributed by atoms with van der Waals surface area (Å²) in [5.41, 5.74) is 1.34. The Labute approximate surface area is 68.2 Å². The monoisotopic (exact) mass is 152 g/mol. The highest BCUT2D eigenvalue weighted by molar-refractivity contribution is 5.10. The van der Waals surface area contributed by atoms with Gasteiger partial charge in [-0.3, -0.25) is 4.68 Å². The second-order valence-corrected chi connectivity index (χ2v) is 3.48. The van der Waals surface area contributed by atoms with Crippen molar-refractivity contribution in [1.29, 1.82) is 0 Å². The van der Waals surface area contributed by atoms with Gasteiger partial charge >= 0.3 is 0 Å². The molecule has 0 aromatic carbocycles. The van der Waals surface area contributed by atoms with E-state index in [4.69, 9.17) is 0 Å². The summed E-state index contributed by atoms with van der Waals surface area (Å²) in [6.45, 7) is 6.71. The minimum atomic E-state index is 0.615. The van der Waals surface area contributed by atoms with Crippen LogP contribution in [0.15, 0.2) is 12.4 Å². The van der Waals surface area contributed by atoms with E-state index in [0.717, 1.165) is 0 Å². The van der Waals surface area contributed by atoms with Gasteiger partial charge in [0.15, 0.2) is 0 Å². The van der Waals surface area contributed by atoms with Gasteiger partial charge in [-0.05, 0) is 17.4 Å². The number of nitrogens with zero attached hydrogens (tertiary/aromatic N) is 2. The molecule has 0 aliphatic heterocycles. The van der Waals surface area contributed by atoms with Gasteiger partial charge in [-0.2, -0.15) is 5.10 Å². The zero-order valence-corrected chi connectivity index (χ0v) is 7.70. The third kappa shape index (κ3) is 1.82. The maximum atomic E-state index is 4.14. The Balaban J connectivity index is 2.76. The second-order valence-electron chi connectivity index (χ2n) is 3.48. The average Bonchev–Trinajstić information content (AvgIpc) is 2.34. The standard InChI is InChI=1S/C9H16N2/c1-7(2)8(3)9-5-10-11(4)6-9/h5-8H,1-4H3/t8-/m0/s1. The van der Waals surface area contributed by atoms with Crippen molar-refractivity contribution < 1.29 is 0 Å². The lowest BCUT2D eigenvalue weighted by Crippen LogP contribution is -2.00. The molecule has 0 N–H and O–H groups in total. The fourth-order valence-electron chi connectivity index (χ4n) is 1.06. The molecular weight excluding hydrogens is 136 g/mol. The van der Waals surface area contributed by atoms with E-state index in [1.165, 1.54) is 5.56 Å². The van der Waals surface area contributed by atoms with E-state index in [9.17, 15) is 0 Å². The maximum absolute atomic E-state index is 4.14. The van der Waals surface area contributed by atoms with Crippen LogP contribution in [0.25, 0.3) is 0 Å². The number of aryl methyl sites for hydroxylation is 1. The van der Waals surface area contributed by atoms with Crippen molar-refractivity contribution in [3.8, 4) is 0 Å². The topological polar surface area (TPSA) is 17.8 Å². The fourth-order valence-corrected chi connectivity index (χ4v) is 1.06. The van der Waals surface area contributed by atoms with Gasteiger partial charge in [0.25, 0.3) is 0 Å². The largest absolute Gasteiger partial charge is 0.276 e. The van der Waals surface area contributed by atoms with E-state index in [0.29, 0.717) is 11.8 Å². The quantitative estimate of drug-likeness (QED) is 0.635. The molecule has 0 fully saturated rings. The molecule has 0 radical (unpaired) electrons. The van der Waals surface area contributed by atoms with Crippen molar-refractivity contribution in [2.75, 3.05) is 0 Å². The van der Waals surface area contributed by atoms with Crippen molar-refractivity contribution in [3.05, 3.63) is 18.0 Å². The first-order chi connectivity index (χ1) is 5.11. The van der Waals surface area contributed by atoms with Crippen LogP contribution < -0.4 is 0 Å². The van der Waals surface area contributed by atoms with Crippen LogP contribution in [-0.2, 0) is 7.05 Å². The van der Waals surface area contributed by atoms with Crippen LogP contribution in [-0.4, -0.2) is 9.78 Å². The van der Waals surface area contributed by atoms with E-state index >= 15 is 0 Å². The lowest BCUT2D eigenvalue weighted by molar-refractivity contribution is 0.534. The highest BCUT2D eigenvalue weighted by Crippen LogP contribution is 2.22. The van der Waals surface area contributed by atoms with E-state index in [-0.39, 0.29) is 0 Å². The third-order valence-corrected chi connectivity index (χ3v) is 2.25. The average molecular weight is 152 g/mol. The smallest absolute Gasteiger partial charge is 0.0524 e. The number of hydrogen-bond donors (Lipinski definition) is 0. The van der Waals surface area contributed by atoms with Crippen LogP contribution in [0.3, 0.4) is 0 Å². The Morgan fingerprint density at radius 2 is 2.00 bits per heavy atom. The van der Waals surface area contributed by atoms with Gasteiger partial charge in [-0.25, -0.2) is 0 Å². The predicted octanol–water partition coefficient (Wildman–Crippen LogP) is 2.18. The molecule has 0 aliphatic rings. The molecule has 1 aromatic rings. The summed E-state index contributed by atoms with van der Waals surface area (Å²) in [6, 6.07) is 0. The lowest BCUT2D eigenvalue weighted by Gasteiger charge is -2.12. The summed E-state index contributed by atoms with van der Waals surface area (Å²) < 4.78 is 1.86. The summed E-state index contributed by atoms with van der Waals surface area (Å²) in [6.07, 6.45) is 4.04. The molecule has 1 heterocycles. The highest BCUT2D eigenvalue weighted by Gasteiger charge is 2.10. The van der Waals surface area contributed by atoms with Gasteiger partial charge in [0.2, 0.25) is 0 Å². The first-order valence-electron chi connectivity index (χ1n) is 4.10. The summed E-state index contributed by atoms with van der Waals surface area (Å²) in [4.78, 5) is 0. The lowest BCUT2D eigenvalue weighted by atomic mass is 9.93. The summed E-state index contributed by atoms with van der Waals surface area (Å²) in [7, 11) is 1.95. The molecule has 2 heteroatoms. The summed E-state index contributed by atoms with van der Waals surface area (Å²) >= 11 is 0. The van der Waals surface area contributed by atoms with E-state index in [2.05, 4.69) is 32.1 Å². The molecule has 0 unspecified atom stereocenters.